The van der Waals surface area contributed by atoms with Gasteiger partial charge in [-0.15, -0.1) is 0 Å². The third kappa shape index (κ3) is 4.33. The quantitative estimate of drug-likeness (QED) is 0.735. The first-order chi connectivity index (χ1) is 9.82. The molecule has 0 bridgehead atoms. The first-order valence-electron chi connectivity index (χ1n) is 7.79. The number of rotatable bonds is 4. The van der Waals surface area contributed by atoms with Crippen molar-refractivity contribution in [2.45, 2.75) is 57.5 Å². The first-order valence-corrected chi connectivity index (χ1v) is 7.79. The lowest BCUT2D eigenvalue weighted by molar-refractivity contribution is -0.141. The Balaban J connectivity index is 1.82. The fraction of sp³-hybridized carbons (Fsp3) is 0.867. The molecule has 0 aromatic heterocycles. The van der Waals surface area contributed by atoms with Crippen LogP contribution in [-0.4, -0.2) is 52.3 Å². The zero-order valence-corrected chi connectivity index (χ0v) is 12.7. The van der Waals surface area contributed by atoms with Crippen LogP contribution in [0.15, 0.2) is 0 Å². The lowest BCUT2D eigenvalue weighted by atomic mass is 9.66. The molecule has 6 nitrogen and oxygen atoms in total. The Hall–Kier alpha value is -1.30. The van der Waals surface area contributed by atoms with Gasteiger partial charge in [-0.25, -0.2) is 4.79 Å². The van der Waals surface area contributed by atoms with Crippen molar-refractivity contribution in [2.24, 2.45) is 5.41 Å². The monoisotopic (exact) mass is 298 g/mol. The number of aliphatic carboxylic acids is 1. The standard InChI is InChI=1S/C15H26N2O4/c1-14(21)4-3-8-17(9-7-14)13(20)16-11-15(5-2-6-15)10-12(18)19/h21H,2-11H2,1H3,(H,16,20)(H,18,19). The largest absolute Gasteiger partial charge is 0.481 e. The van der Waals surface area contributed by atoms with Crippen molar-refractivity contribution >= 4 is 12.0 Å². The van der Waals surface area contributed by atoms with Gasteiger partial charge in [-0.1, -0.05) is 6.42 Å². The summed E-state index contributed by atoms with van der Waals surface area (Å²) in [5, 5.41) is 21.9. The zero-order chi connectivity index (χ0) is 15.5. The molecular weight excluding hydrogens is 272 g/mol. The number of hydrogen-bond donors (Lipinski definition) is 3. The highest BCUT2D eigenvalue weighted by atomic mass is 16.4. The fourth-order valence-electron chi connectivity index (χ4n) is 3.26. The van der Waals surface area contributed by atoms with E-state index < -0.39 is 11.6 Å². The van der Waals surface area contributed by atoms with E-state index in [4.69, 9.17) is 5.11 Å². The number of carbonyl (C=O) groups is 2. The summed E-state index contributed by atoms with van der Waals surface area (Å²) in [6, 6.07) is -0.135. The Kier molecular flexibility index (Phi) is 4.76. The second kappa shape index (κ2) is 6.22. The normalized spacial score (nSPS) is 28.4. The molecule has 1 aliphatic heterocycles. The van der Waals surface area contributed by atoms with E-state index in [1.807, 2.05) is 6.92 Å². The van der Waals surface area contributed by atoms with Gasteiger partial charge >= 0.3 is 12.0 Å². The molecule has 2 amide bonds. The highest BCUT2D eigenvalue weighted by Crippen LogP contribution is 2.43. The minimum Gasteiger partial charge on any atom is -0.481 e. The number of nitrogens with one attached hydrogen (secondary N) is 1. The zero-order valence-electron chi connectivity index (χ0n) is 12.7. The van der Waals surface area contributed by atoms with Crippen LogP contribution < -0.4 is 5.32 Å². The number of carboxylic acid groups (broad SMARTS) is 1. The molecule has 1 atom stereocenters. The van der Waals surface area contributed by atoms with E-state index in [0.29, 0.717) is 32.5 Å². The van der Waals surface area contributed by atoms with E-state index in [1.54, 1.807) is 4.90 Å². The van der Waals surface area contributed by atoms with Crippen LogP contribution in [0.3, 0.4) is 0 Å². The smallest absolute Gasteiger partial charge is 0.317 e. The van der Waals surface area contributed by atoms with Gasteiger partial charge < -0.3 is 20.4 Å². The third-order valence-electron chi connectivity index (χ3n) is 4.91. The summed E-state index contributed by atoms with van der Waals surface area (Å²) in [4.78, 5) is 24.9. The van der Waals surface area contributed by atoms with Crippen LogP contribution in [0.4, 0.5) is 4.79 Å². The predicted molar refractivity (Wildman–Crippen MR) is 78.0 cm³/mol. The van der Waals surface area contributed by atoms with Crippen molar-refractivity contribution in [1.29, 1.82) is 0 Å². The second-order valence-electron chi connectivity index (χ2n) is 6.92. The molecule has 0 spiro atoms. The van der Waals surface area contributed by atoms with Crippen molar-refractivity contribution in [3.05, 3.63) is 0 Å². The van der Waals surface area contributed by atoms with Crippen molar-refractivity contribution < 1.29 is 19.8 Å². The number of carboxylic acids is 1. The highest BCUT2D eigenvalue weighted by molar-refractivity contribution is 5.74. The molecule has 1 heterocycles. The van der Waals surface area contributed by atoms with Gasteiger partial charge in [0.15, 0.2) is 0 Å². The van der Waals surface area contributed by atoms with Gasteiger partial charge in [0.2, 0.25) is 0 Å². The number of aliphatic hydroxyl groups is 1. The fourth-order valence-corrected chi connectivity index (χ4v) is 3.26. The van der Waals surface area contributed by atoms with Crippen molar-refractivity contribution in [3.8, 4) is 0 Å². The van der Waals surface area contributed by atoms with Crippen LogP contribution in [0.25, 0.3) is 0 Å². The Morgan fingerprint density at radius 2 is 1.86 bits per heavy atom. The summed E-state index contributed by atoms with van der Waals surface area (Å²) < 4.78 is 0. The molecule has 2 rings (SSSR count). The number of likely N-dealkylation sites (tertiary alicyclic amines) is 1. The SMILES string of the molecule is CC1(O)CCCN(C(=O)NCC2(CC(=O)O)CCC2)CC1. The number of nitrogens with zero attached hydrogens (tertiary/aromatic N) is 1. The minimum absolute atomic E-state index is 0.127. The van der Waals surface area contributed by atoms with Gasteiger partial charge in [-0.2, -0.15) is 0 Å². The minimum atomic E-state index is -0.797. The van der Waals surface area contributed by atoms with Crippen LogP contribution in [0, 0.1) is 5.41 Å². The third-order valence-corrected chi connectivity index (χ3v) is 4.91. The average Bonchev–Trinajstić information content (AvgIpc) is 2.52. The molecule has 1 saturated heterocycles. The van der Waals surface area contributed by atoms with Crippen LogP contribution in [0.5, 0.6) is 0 Å². The van der Waals surface area contributed by atoms with E-state index >= 15 is 0 Å². The van der Waals surface area contributed by atoms with E-state index in [9.17, 15) is 14.7 Å². The van der Waals surface area contributed by atoms with Crippen LogP contribution >= 0.6 is 0 Å². The molecule has 1 aliphatic carbocycles. The molecule has 1 unspecified atom stereocenters. The van der Waals surface area contributed by atoms with Crippen molar-refractivity contribution in [2.75, 3.05) is 19.6 Å². The molecular formula is C15H26N2O4. The van der Waals surface area contributed by atoms with Gasteiger partial charge in [-0.3, -0.25) is 4.79 Å². The Bertz CT molecular complexity index is 404. The molecule has 0 aromatic carbocycles. The van der Waals surface area contributed by atoms with Crippen LogP contribution in [0.2, 0.25) is 0 Å². The highest BCUT2D eigenvalue weighted by Gasteiger charge is 2.39. The van der Waals surface area contributed by atoms with Gasteiger partial charge in [-0.05, 0) is 44.4 Å². The predicted octanol–water partition coefficient (Wildman–Crippen LogP) is 1.58. The Morgan fingerprint density at radius 3 is 2.43 bits per heavy atom. The summed E-state index contributed by atoms with van der Waals surface area (Å²) in [6.45, 7) is 3.44. The lowest BCUT2D eigenvalue weighted by Crippen LogP contribution is -2.48. The van der Waals surface area contributed by atoms with Crippen LogP contribution in [-0.2, 0) is 4.79 Å². The molecule has 1 saturated carbocycles. The Morgan fingerprint density at radius 1 is 1.14 bits per heavy atom. The second-order valence-corrected chi connectivity index (χ2v) is 6.92. The number of urea groups is 1. The van der Waals surface area contributed by atoms with Gasteiger partial charge in [0.1, 0.15) is 0 Å². The Labute approximate surface area is 125 Å². The van der Waals surface area contributed by atoms with Crippen molar-refractivity contribution in [3.63, 3.8) is 0 Å². The molecule has 6 heteroatoms. The van der Waals surface area contributed by atoms with Gasteiger partial charge in [0.05, 0.1) is 12.0 Å². The molecule has 2 fully saturated rings. The molecule has 120 valence electrons. The summed E-state index contributed by atoms with van der Waals surface area (Å²) in [5.74, 6) is -0.797. The maximum Gasteiger partial charge on any atom is 0.317 e. The maximum absolute atomic E-state index is 12.2. The van der Waals surface area contributed by atoms with Gasteiger partial charge in [0.25, 0.3) is 0 Å². The van der Waals surface area contributed by atoms with Gasteiger partial charge in [0, 0.05) is 19.6 Å². The number of hydrogen-bond acceptors (Lipinski definition) is 3. The maximum atomic E-state index is 12.2. The number of carbonyl (C=O) groups excluding carboxylic acids is 1. The first kappa shape index (κ1) is 16.1. The molecule has 3 N–H and O–H groups in total. The topological polar surface area (TPSA) is 89.9 Å². The molecule has 2 aliphatic rings. The summed E-state index contributed by atoms with van der Waals surface area (Å²) in [6.07, 6.45) is 4.99. The van der Waals surface area contributed by atoms with E-state index in [-0.39, 0.29) is 17.9 Å². The molecule has 0 aromatic rings. The van der Waals surface area contributed by atoms with E-state index in [0.717, 1.165) is 25.7 Å². The van der Waals surface area contributed by atoms with Crippen molar-refractivity contribution in [1.82, 2.24) is 10.2 Å². The molecule has 21 heavy (non-hydrogen) atoms. The number of amides is 2. The summed E-state index contributed by atoms with van der Waals surface area (Å²) in [5.41, 5.74) is -0.938. The molecule has 0 radical (unpaired) electrons. The lowest BCUT2D eigenvalue weighted by Gasteiger charge is -2.41. The average molecular weight is 298 g/mol. The van der Waals surface area contributed by atoms with E-state index in [1.165, 1.54) is 0 Å². The summed E-state index contributed by atoms with van der Waals surface area (Å²) >= 11 is 0. The summed E-state index contributed by atoms with van der Waals surface area (Å²) in [7, 11) is 0. The van der Waals surface area contributed by atoms with Crippen LogP contribution in [0.1, 0.15) is 51.9 Å². The van der Waals surface area contributed by atoms with E-state index in [2.05, 4.69) is 5.32 Å².